The highest BCUT2D eigenvalue weighted by Gasteiger charge is 2.05. The lowest BCUT2D eigenvalue weighted by Gasteiger charge is -2.06. The molecule has 0 aliphatic rings. The number of ether oxygens (including phenoxy) is 1. The molecule has 0 fully saturated rings. The molecule has 1 radical (unpaired) electrons. The number of ketones is 1. The average molecular weight is 253 g/mol. The molecule has 0 saturated carbocycles. The van der Waals surface area contributed by atoms with Gasteiger partial charge in [-0.25, -0.2) is 0 Å². The molecule has 0 bridgehead atoms. The van der Waals surface area contributed by atoms with E-state index in [-0.39, 0.29) is 5.78 Å². The van der Waals surface area contributed by atoms with Gasteiger partial charge in [0, 0.05) is 12.0 Å². The molecule has 0 unspecified atom stereocenters. The van der Waals surface area contributed by atoms with Crippen molar-refractivity contribution in [1.29, 1.82) is 0 Å². The minimum absolute atomic E-state index is 0.163. The molecule has 0 aliphatic heterocycles. The summed E-state index contributed by atoms with van der Waals surface area (Å²) < 4.78 is 5.45. The normalized spacial score (nSPS) is 10.2. The van der Waals surface area contributed by atoms with Crippen molar-refractivity contribution in [2.45, 2.75) is 19.8 Å². The third kappa shape index (κ3) is 3.95. The maximum atomic E-state index is 12.0. The summed E-state index contributed by atoms with van der Waals surface area (Å²) in [5.41, 5.74) is 1.88. The van der Waals surface area contributed by atoms with Crippen molar-refractivity contribution in [3.8, 4) is 5.75 Å². The van der Waals surface area contributed by atoms with E-state index in [1.54, 1.807) is 24.3 Å². The number of Topliss-reactive ketones (excluding diaryl/α,β-unsaturated/α-hetero) is 1. The second-order valence-corrected chi connectivity index (χ2v) is 4.29. The highest BCUT2D eigenvalue weighted by Crippen LogP contribution is 2.15. The van der Waals surface area contributed by atoms with Crippen LogP contribution in [0.4, 0.5) is 0 Å². The summed E-state index contributed by atoms with van der Waals surface area (Å²) in [6.07, 6.45) is 1.25. The molecule has 2 nitrogen and oxygen atoms in total. The first-order valence-electron chi connectivity index (χ1n) is 6.50. The summed E-state index contributed by atoms with van der Waals surface area (Å²) in [5, 5.41) is 0. The van der Waals surface area contributed by atoms with Crippen LogP contribution in [0.5, 0.6) is 5.75 Å². The van der Waals surface area contributed by atoms with Crippen LogP contribution in [0.2, 0.25) is 0 Å². The molecule has 2 aromatic rings. The van der Waals surface area contributed by atoms with Gasteiger partial charge in [0.2, 0.25) is 0 Å². The molecule has 0 heterocycles. The van der Waals surface area contributed by atoms with Gasteiger partial charge in [-0.1, -0.05) is 36.4 Å². The van der Waals surface area contributed by atoms with E-state index in [9.17, 15) is 4.79 Å². The number of rotatable bonds is 6. The largest absolute Gasteiger partial charge is 0.494 e. The summed E-state index contributed by atoms with van der Waals surface area (Å²) in [6.45, 7) is 2.62. The van der Waals surface area contributed by atoms with Crippen molar-refractivity contribution in [2.75, 3.05) is 6.61 Å². The summed E-state index contributed by atoms with van der Waals surface area (Å²) >= 11 is 0. The number of benzene rings is 2. The van der Waals surface area contributed by atoms with Gasteiger partial charge in [-0.15, -0.1) is 0 Å². The maximum Gasteiger partial charge on any atom is 0.163 e. The van der Waals surface area contributed by atoms with Gasteiger partial charge in [-0.05, 0) is 37.1 Å². The van der Waals surface area contributed by atoms with Crippen molar-refractivity contribution < 1.29 is 9.53 Å². The fraction of sp³-hybridized carbons (Fsp3) is 0.235. The lowest BCUT2D eigenvalue weighted by molar-refractivity contribution is 0.0983. The van der Waals surface area contributed by atoms with Gasteiger partial charge < -0.3 is 4.74 Å². The standard InChI is InChI=1S/C17H17O2/c1-2-19-16-10-6-7-14(13-16)11-12-17(18)15-8-4-3-5-9-15/h4-10,13H,2,11-12H2,1H3. The number of hydrogen-bond donors (Lipinski definition) is 0. The van der Waals surface area contributed by atoms with Gasteiger partial charge in [-0.3, -0.25) is 4.79 Å². The number of hydrogen-bond acceptors (Lipinski definition) is 2. The Morgan fingerprint density at radius 1 is 1.21 bits per heavy atom. The molecule has 0 atom stereocenters. The van der Waals surface area contributed by atoms with Crippen LogP contribution in [-0.4, -0.2) is 12.4 Å². The summed E-state index contributed by atoms with van der Waals surface area (Å²) in [5.74, 6) is 1.03. The molecule has 19 heavy (non-hydrogen) atoms. The van der Waals surface area contributed by atoms with Crippen LogP contribution < -0.4 is 4.74 Å². The first kappa shape index (κ1) is 13.3. The molecular formula is C17H17O2. The topological polar surface area (TPSA) is 26.3 Å². The molecule has 2 rings (SSSR count). The Hall–Kier alpha value is -2.09. The van der Waals surface area contributed by atoms with Crippen molar-refractivity contribution in [3.63, 3.8) is 0 Å². The highest BCUT2D eigenvalue weighted by molar-refractivity contribution is 5.96. The smallest absolute Gasteiger partial charge is 0.163 e. The van der Waals surface area contributed by atoms with Gasteiger partial charge in [0.1, 0.15) is 5.75 Å². The third-order valence-corrected chi connectivity index (χ3v) is 2.89. The van der Waals surface area contributed by atoms with Gasteiger partial charge in [0.05, 0.1) is 6.61 Å². The molecule has 0 N–H and O–H groups in total. The first-order valence-corrected chi connectivity index (χ1v) is 6.50. The van der Waals surface area contributed by atoms with Crippen LogP contribution in [0.15, 0.2) is 48.5 Å². The van der Waals surface area contributed by atoms with Crippen LogP contribution in [0, 0.1) is 6.07 Å². The molecular weight excluding hydrogens is 236 g/mol. The first-order chi connectivity index (χ1) is 9.29. The monoisotopic (exact) mass is 253 g/mol. The Morgan fingerprint density at radius 3 is 2.74 bits per heavy atom. The van der Waals surface area contributed by atoms with Crippen molar-refractivity contribution in [2.24, 2.45) is 0 Å². The van der Waals surface area contributed by atoms with E-state index in [1.807, 2.05) is 31.2 Å². The van der Waals surface area contributed by atoms with E-state index < -0.39 is 0 Å². The van der Waals surface area contributed by atoms with E-state index in [0.29, 0.717) is 13.0 Å². The molecule has 0 aromatic heterocycles. The predicted molar refractivity (Wildman–Crippen MR) is 75.5 cm³/mol. The number of carbonyl (C=O) groups is 1. The van der Waals surface area contributed by atoms with Gasteiger partial charge in [-0.2, -0.15) is 0 Å². The second-order valence-electron chi connectivity index (χ2n) is 4.29. The summed E-state index contributed by atoms with van der Waals surface area (Å²) in [6, 6.07) is 18.0. The van der Waals surface area contributed by atoms with Crippen LogP contribution in [-0.2, 0) is 6.42 Å². The van der Waals surface area contributed by atoms with E-state index in [0.717, 1.165) is 23.3 Å². The number of carbonyl (C=O) groups excluding carboxylic acids is 1. The lowest BCUT2D eigenvalue weighted by Crippen LogP contribution is -2.01. The summed E-state index contributed by atoms with van der Waals surface area (Å²) in [7, 11) is 0. The molecule has 97 valence electrons. The Morgan fingerprint density at radius 2 is 2.00 bits per heavy atom. The maximum absolute atomic E-state index is 12.0. The van der Waals surface area contributed by atoms with E-state index >= 15 is 0 Å². The zero-order chi connectivity index (χ0) is 13.5. The summed E-state index contributed by atoms with van der Waals surface area (Å²) in [4.78, 5) is 12.0. The van der Waals surface area contributed by atoms with E-state index in [4.69, 9.17) is 4.74 Å². The third-order valence-electron chi connectivity index (χ3n) is 2.89. The molecule has 0 aliphatic carbocycles. The molecule has 2 aromatic carbocycles. The van der Waals surface area contributed by atoms with Crippen LogP contribution >= 0.6 is 0 Å². The number of aryl methyl sites for hydroxylation is 1. The van der Waals surface area contributed by atoms with E-state index in [1.165, 1.54) is 0 Å². The quantitative estimate of drug-likeness (QED) is 0.734. The Bertz CT molecular complexity index is 532. The highest BCUT2D eigenvalue weighted by atomic mass is 16.5. The Balaban J connectivity index is 1.95. The zero-order valence-electron chi connectivity index (χ0n) is 11.1. The minimum Gasteiger partial charge on any atom is -0.494 e. The van der Waals surface area contributed by atoms with Gasteiger partial charge >= 0.3 is 0 Å². The Labute approximate surface area is 114 Å². The van der Waals surface area contributed by atoms with Gasteiger partial charge in [0.25, 0.3) is 0 Å². The van der Waals surface area contributed by atoms with Crippen molar-refractivity contribution in [1.82, 2.24) is 0 Å². The second kappa shape index (κ2) is 6.74. The van der Waals surface area contributed by atoms with Crippen molar-refractivity contribution >= 4 is 5.78 Å². The van der Waals surface area contributed by atoms with E-state index in [2.05, 4.69) is 6.07 Å². The molecule has 0 spiro atoms. The van der Waals surface area contributed by atoms with Gasteiger partial charge in [0.15, 0.2) is 5.78 Å². The van der Waals surface area contributed by atoms with Crippen LogP contribution in [0.1, 0.15) is 29.3 Å². The Kier molecular flexibility index (Phi) is 4.73. The van der Waals surface area contributed by atoms with Crippen LogP contribution in [0.3, 0.4) is 0 Å². The fourth-order valence-corrected chi connectivity index (χ4v) is 1.93. The minimum atomic E-state index is 0.163. The molecule has 0 saturated heterocycles. The van der Waals surface area contributed by atoms with Crippen LogP contribution in [0.25, 0.3) is 0 Å². The molecule has 2 heteroatoms. The zero-order valence-corrected chi connectivity index (χ0v) is 11.1. The average Bonchev–Trinajstić information content (AvgIpc) is 2.46. The molecule has 0 amide bonds. The predicted octanol–water partition coefficient (Wildman–Crippen LogP) is 3.70. The fourth-order valence-electron chi connectivity index (χ4n) is 1.93. The van der Waals surface area contributed by atoms with Crippen molar-refractivity contribution in [3.05, 3.63) is 65.7 Å². The SMILES string of the molecule is CCOc1cccc(CCC(=O)c2cc[c]cc2)c1. The lowest BCUT2D eigenvalue weighted by atomic mass is 10.0.